The first-order chi connectivity index (χ1) is 14.7. The van der Waals surface area contributed by atoms with Gasteiger partial charge in [0.05, 0.1) is 0 Å². The first-order valence-corrected chi connectivity index (χ1v) is 9.41. The van der Waals surface area contributed by atoms with Gasteiger partial charge in [0.2, 0.25) is 0 Å². The summed E-state index contributed by atoms with van der Waals surface area (Å²) in [5.74, 6) is 39.7. The Hall–Kier alpha value is -4.13. The minimum absolute atomic E-state index is 0. The van der Waals surface area contributed by atoms with Crippen LogP contribution in [0.4, 0.5) is 0 Å². The average molecular weight is 429 g/mol. The topological polar surface area (TPSA) is 52.6 Å². The van der Waals surface area contributed by atoms with E-state index in [2.05, 4.69) is 100 Å². The van der Waals surface area contributed by atoms with Crippen LogP contribution in [0.2, 0.25) is 0 Å². The zero-order valence-corrected chi connectivity index (χ0v) is 18.3. The number of hydrogen-bond donors (Lipinski definition) is 2. The lowest BCUT2D eigenvalue weighted by Gasteiger charge is -2.51. The SMILES string of the molecule is CC#CC#CC#CC#CC#CC#CC#CC#CC(=O)NC1CC(C)(C)N(O)C(C)(C)C1.[HH].[HH].[HH].[HH].[HH].[HH].[HH].[HH].[HH].[HH].[HH]. The quantitative estimate of drug-likeness (QED) is 0.614. The van der Waals surface area contributed by atoms with E-state index in [0.29, 0.717) is 12.8 Å². The minimum Gasteiger partial charge on any atom is -0.342 e. The molecule has 4 nitrogen and oxygen atoms in total. The molecule has 0 radical (unpaired) electrons. The number of carbonyl (C=O) groups is 1. The monoisotopic (exact) mass is 428 g/mol. The molecule has 0 aromatic carbocycles. The molecule has 0 unspecified atom stereocenters. The van der Waals surface area contributed by atoms with Gasteiger partial charge in [-0.1, -0.05) is 5.92 Å². The molecule has 1 amide bonds. The van der Waals surface area contributed by atoms with E-state index in [1.807, 2.05) is 27.7 Å². The number of amides is 1. The maximum atomic E-state index is 12.0. The predicted octanol–water partition coefficient (Wildman–Crippen LogP) is 4.27. The highest BCUT2D eigenvalue weighted by Gasteiger charge is 2.45. The summed E-state index contributed by atoms with van der Waals surface area (Å²) >= 11 is 0. The van der Waals surface area contributed by atoms with Gasteiger partial charge in [0.25, 0.3) is 5.91 Å². The maximum absolute atomic E-state index is 12.0. The summed E-state index contributed by atoms with van der Waals surface area (Å²) in [6.07, 6.45) is 1.23. The van der Waals surface area contributed by atoms with Crippen molar-refractivity contribution >= 4 is 5.91 Å². The highest BCUT2D eigenvalue weighted by atomic mass is 16.5. The summed E-state index contributed by atoms with van der Waals surface area (Å²) in [5, 5.41) is 14.5. The largest absolute Gasteiger partial charge is 0.342 e. The summed E-state index contributed by atoms with van der Waals surface area (Å²) < 4.78 is 0. The van der Waals surface area contributed by atoms with Gasteiger partial charge in [0.1, 0.15) is 0 Å². The first-order valence-electron chi connectivity index (χ1n) is 9.41. The van der Waals surface area contributed by atoms with Crippen molar-refractivity contribution < 1.29 is 25.7 Å². The third kappa shape index (κ3) is 9.76. The molecule has 0 spiro atoms. The standard InChI is InChI=1S/C27H22N2O2.11H2/c1-6-7-8-9-10-11-12-13-14-15-16-17-18-19-20-21-25(30)28-24-22-26(2,3)29(31)27(4,5)23-24;;;;;;;;;;;/h24,31H,22-23H2,1-5H3,(H,28,30);11*1H. The van der Waals surface area contributed by atoms with Crippen molar-refractivity contribution in [2.75, 3.05) is 0 Å². The third-order valence-corrected chi connectivity index (χ3v) is 4.09. The lowest BCUT2D eigenvalue weighted by Crippen LogP contribution is -2.62. The molecular weight excluding hydrogens is 384 g/mol. The van der Waals surface area contributed by atoms with Crippen LogP contribution in [0.3, 0.4) is 0 Å². The van der Waals surface area contributed by atoms with Gasteiger partial charge in [-0.05, 0) is 130 Å². The van der Waals surface area contributed by atoms with Crippen LogP contribution >= 0.6 is 0 Å². The Kier molecular flexibility index (Phi) is 9.99. The molecule has 31 heavy (non-hydrogen) atoms. The highest BCUT2D eigenvalue weighted by Crippen LogP contribution is 2.36. The van der Waals surface area contributed by atoms with Crippen LogP contribution in [-0.2, 0) is 4.79 Å². The molecule has 2 N–H and O–H groups in total. The molecule has 4 heteroatoms. The number of nitrogens with zero attached hydrogens (tertiary/aromatic N) is 1. The highest BCUT2D eigenvalue weighted by molar-refractivity contribution is 5.94. The molecule has 1 aliphatic rings. The van der Waals surface area contributed by atoms with Crippen LogP contribution in [-0.4, -0.2) is 33.3 Å². The normalized spacial score (nSPS) is 14.8. The molecule has 1 rings (SSSR count). The van der Waals surface area contributed by atoms with E-state index in [-0.39, 0.29) is 21.7 Å². The zero-order valence-electron chi connectivity index (χ0n) is 18.3. The smallest absolute Gasteiger partial charge is 0.297 e. The fraction of sp³-hybridized carbons (Fsp3) is 0.370. The fourth-order valence-electron chi connectivity index (χ4n) is 3.12. The van der Waals surface area contributed by atoms with E-state index in [0.717, 1.165) is 0 Å². The number of hydroxylamine groups is 2. The summed E-state index contributed by atoms with van der Waals surface area (Å²) in [5.41, 5.74) is -0.892. The van der Waals surface area contributed by atoms with E-state index in [1.54, 1.807) is 6.92 Å². The van der Waals surface area contributed by atoms with Gasteiger partial charge in [-0.3, -0.25) is 4.79 Å². The second-order valence-electron chi connectivity index (χ2n) is 7.64. The predicted molar refractivity (Wildman–Crippen MR) is 144 cm³/mol. The second kappa shape index (κ2) is 12.4. The molecule has 0 saturated carbocycles. The summed E-state index contributed by atoms with van der Waals surface area (Å²) in [7, 11) is 0. The molecule has 174 valence electrons. The van der Waals surface area contributed by atoms with Gasteiger partial charge < -0.3 is 10.5 Å². The van der Waals surface area contributed by atoms with Gasteiger partial charge in [-0.2, -0.15) is 5.06 Å². The first kappa shape index (κ1) is 24.9. The molecule has 0 aromatic heterocycles. The zero-order chi connectivity index (χ0) is 23.2. The van der Waals surface area contributed by atoms with Gasteiger partial charge in [-0.15, -0.1) is 0 Å². The van der Waals surface area contributed by atoms with Crippen molar-refractivity contribution in [3.05, 3.63) is 0 Å². The van der Waals surface area contributed by atoms with E-state index < -0.39 is 17.0 Å². The lowest BCUT2D eigenvalue weighted by atomic mass is 9.79. The molecule has 0 aliphatic carbocycles. The van der Waals surface area contributed by atoms with E-state index in [9.17, 15) is 10.0 Å². The van der Waals surface area contributed by atoms with E-state index in [4.69, 9.17) is 0 Å². The third-order valence-electron chi connectivity index (χ3n) is 4.09. The van der Waals surface area contributed by atoms with Gasteiger partial charge in [0.15, 0.2) is 0 Å². The molecule has 0 atom stereocenters. The van der Waals surface area contributed by atoms with Crippen LogP contribution in [0.5, 0.6) is 0 Å². The molecule has 1 fully saturated rings. The Morgan fingerprint density at radius 1 is 0.774 bits per heavy atom. The van der Waals surface area contributed by atoms with E-state index >= 15 is 0 Å². The summed E-state index contributed by atoms with van der Waals surface area (Å²) in [6.45, 7) is 9.43. The van der Waals surface area contributed by atoms with Gasteiger partial charge >= 0.3 is 0 Å². The van der Waals surface area contributed by atoms with Crippen LogP contribution in [0.15, 0.2) is 0 Å². The Morgan fingerprint density at radius 2 is 1.13 bits per heavy atom. The van der Waals surface area contributed by atoms with Gasteiger partial charge in [-0.25, -0.2) is 0 Å². The number of nitrogens with one attached hydrogen (secondary N) is 1. The van der Waals surface area contributed by atoms with Crippen molar-refractivity contribution in [1.82, 2.24) is 10.4 Å². The fourth-order valence-corrected chi connectivity index (χ4v) is 3.12. The number of rotatable bonds is 1. The Balaban J connectivity index is -0.0000000971. The van der Waals surface area contributed by atoms with Crippen molar-refractivity contribution in [1.29, 1.82) is 0 Å². The van der Waals surface area contributed by atoms with Crippen LogP contribution in [0.1, 0.15) is 63.2 Å². The van der Waals surface area contributed by atoms with Crippen molar-refractivity contribution in [3.63, 3.8) is 0 Å². The Morgan fingerprint density at radius 3 is 1.52 bits per heavy atom. The van der Waals surface area contributed by atoms with Crippen molar-refractivity contribution in [2.45, 2.75) is 64.6 Å². The maximum Gasteiger partial charge on any atom is 0.297 e. The van der Waals surface area contributed by atoms with Crippen molar-refractivity contribution in [3.8, 4) is 94.7 Å². The van der Waals surface area contributed by atoms with Crippen molar-refractivity contribution in [2.24, 2.45) is 0 Å². The van der Waals surface area contributed by atoms with E-state index in [1.165, 1.54) is 5.06 Å². The Bertz CT molecular complexity index is 1220. The number of piperidine rings is 1. The molecular formula is C27H44N2O2. The molecule has 0 aromatic rings. The Labute approximate surface area is 202 Å². The van der Waals surface area contributed by atoms with Crippen LogP contribution in [0.25, 0.3) is 0 Å². The molecule has 1 aliphatic heterocycles. The number of hydrogen-bond acceptors (Lipinski definition) is 3. The summed E-state index contributed by atoms with van der Waals surface area (Å²) in [6, 6.07) is -0.0823. The molecule has 1 saturated heterocycles. The van der Waals surface area contributed by atoms with Gasteiger partial charge in [0, 0.05) is 38.7 Å². The average Bonchev–Trinajstić information content (AvgIpc) is 2.68. The molecule has 1 heterocycles. The lowest BCUT2D eigenvalue weighted by molar-refractivity contribution is -0.245. The minimum atomic E-state index is -0.446. The van der Waals surface area contributed by atoms with Crippen LogP contribution in [0, 0.1) is 94.7 Å². The summed E-state index contributed by atoms with van der Waals surface area (Å²) in [4.78, 5) is 12.0. The second-order valence-corrected chi connectivity index (χ2v) is 7.64. The molecule has 0 bridgehead atoms. The number of carbonyl (C=O) groups excluding carboxylic acids is 1. The van der Waals surface area contributed by atoms with Crippen LogP contribution < -0.4 is 5.32 Å².